The number of amides is 1. The number of hydrogen-bond acceptors (Lipinski definition) is 2. The predicted molar refractivity (Wildman–Crippen MR) is 84.1 cm³/mol. The first-order valence-corrected chi connectivity index (χ1v) is 8.01. The molecule has 2 N–H and O–H groups in total. The van der Waals surface area contributed by atoms with Gasteiger partial charge in [-0.25, -0.2) is 0 Å². The number of nitrogens with zero attached hydrogens (tertiary/aromatic N) is 1. The van der Waals surface area contributed by atoms with Gasteiger partial charge in [-0.2, -0.15) is 0 Å². The largest absolute Gasteiger partial charge is 0.392 e. The summed E-state index contributed by atoms with van der Waals surface area (Å²) < 4.78 is 0. The van der Waals surface area contributed by atoms with Crippen molar-refractivity contribution >= 4 is 23.1 Å². The molecule has 0 heterocycles. The third-order valence-electron chi connectivity index (χ3n) is 4.56. The van der Waals surface area contributed by atoms with E-state index >= 15 is 0 Å². The normalized spacial score (nSPS) is 20.4. The molecule has 1 amide bonds. The molecule has 1 aliphatic rings. The Morgan fingerprint density at radius 1 is 1.26 bits per heavy atom. The smallest absolute Gasteiger partial charge is 0.235 e. The van der Waals surface area contributed by atoms with Gasteiger partial charge in [0.25, 0.3) is 0 Å². The zero-order valence-electron chi connectivity index (χ0n) is 12.6. The van der Waals surface area contributed by atoms with E-state index in [2.05, 4.69) is 13.8 Å². The van der Waals surface area contributed by atoms with Gasteiger partial charge in [-0.05, 0) is 33.1 Å². The second-order valence-corrected chi connectivity index (χ2v) is 6.15. The van der Waals surface area contributed by atoms with E-state index in [1.165, 1.54) is 12.8 Å². The van der Waals surface area contributed by atoms with Crippen LogP contribution in [0.4, 0.5) is 0 Å². The van der Waals surface area contributed by atoms with E-state index in [0.29, 0.717) is 4.99 Å². The summed E-state index contributed by atoms with van der Waals surface area (Å²) in [6.45, 7) is 6.98. The fourth-order valence-electron chi connectivity index (χ4n) is 3.05. The van der Waals surface area contributed by atoms with Crippen molar-refractivity contribution in [1.29, 1.82) is 0 Å². The molecule has 1 unspecified atom stereocenters. The second-order valence-electron chi connectivity index (χ2n) is 5.71. The maximum absolute atomic E-state index is 13.0. The molecule has 0 aromatic heterocycles. The van der Waals surface area contributed by atoms with Crippen molar-refractivity contribution in [3.63, 3.8) is 0 Å². The van der Waals surface area contributed by atoms with Crippen LogP contribution in [-0.4, -0.2) is 28.4 Å². The average Bonchev–Trinajstić information content (AvgIpc) is 2.65. The first-order valence-electron chi connectivity index (χ1n) is 7.60. The molecule has 1 aliphatic carbocycles. The summed E-state index contributed by atoms with van der Waals surface area (Å²) in [4.78, 5) is 15.4. The molecule has 1 saturated carbocycles. The van der Waals surface area contributed by atoms with Crippen LogP contribution in [0.25, 0.3) is 0 Å². The van der Waals surface area contributed by atoms with E-state index in [9.17, 15) is 4.79 Å². The summed E-state index contributed by atoms with van der Waals surface area (Å²) >= 11 is 5.28. The lowest BCUT2D eigenvalue weighted by atomic mass is 9.78. The van der Waals surface area contributed by atoms with Gasteiger partial charge in [0.2, 0.25) is 5.91 Å². The first-order chi connectivity index (χ1) is 8.99. The molecule has 3 nitrogen and oxygen atoms in total. The predicted octanol–water partition coefficient (Wildman–Crippen LogP) is 3.26. The lowest BCUT2D eigenvalue weighted by molar-refractivity contribution is -0.140. The molecule has 110 valence electrons. The second kappa shape index (κ2) is 7.22. The Morgan fingerprint density at radius 3 is 2.16 bits per heavy atom. The lowest BCUT2D eigenvalue weighted by Gasteiger charge is -2.38. The first kappa shape index (κ1) is 16.4. The third-order valence-corrected chi connectivity index (χ3v) is 4.95. The van der Waals surface area contributed by atoms with E-state index in [-0.39, 0.29) is 11.9 Å². The van der Waals surface area contributed by atoms with E-state index in [1.807, 2.05) is 11.8 Å². The van der Waals surface area contributed by atoms with E-state index in [0.717, 1.165) is 38.6 Å². The number of hydrogen-bond donors (Lipinski definition) is 1. The van der Waals surface area contributed by atoms with Crippen molar-refractivity contribution in [2.45, 2.75) is 71.8 Å². The van der Waals surface area contributed by atoms with Crippen LogP contribution in [0.15, 0.2) is 0 Å². The Hall–Kier alpha value is -0.640. The summed E-state index contributed by atoms with van der Waals surface area (Å²) in [6.07, 6.45) is 7.11. The van der Waals surface area contributed by atoms with Crippen LogP contribution >= 0.6 is 12.2 Å². The lowest BCUT2D eigenvalue weighted by Crippen LogP contribution is -2.52. The zero-order valence-corrected chi connectivity index (χ0v) is 13.4. The van der Waals surface area contributed by atoms with Gasteiger partial charge >= 0.3 is 0 Å². The van der Waals surface area contributed by atoms with Crippen LogP contribution in [-0.2, 0) is 4.79 Å². The molecule has 1 atom stereocenters. The van der Waals surface area contributed by atoms with Gasteiger partial charge in [0.1, 0.15) is 0 Å². The fourth-order valence-corrected chi connectivity index (χ4v) is 3.34. The van der Waals surface area contributed by atoms with Crippen LogP contribution in [0.1, 0.15) is 65.7 Å². The van der Waals surface area contributed by atoms with Crippen LogP contribution in [0.5, 0.6) is 0 Å². The Kier molecular flexibility index (Phi) is 6.24. The minimum Gasteiger partial charge on any atom is -0.392 e. The maximum atomic E-state index is 13.0. The zero-order chi connectivity index (χ0) is 14.5. The van der Waals surface area contributed by atoms with Gasteiger partial charge in [-0.3, -0.25) is 4.79 Å². The quantitative estimate of drug-likeness (QED) is 0.622. The SMILES string of the molecule is CCC(C)N(CC)C(=O)C1(C(N)=S)CCCCCC1. The van der Waals surface area contributed by atoms with Gasteiger partial charge in [-0.1, -0.05) is 44.8 Å². The highest BCUT2D eigenvalue weighted by molar-refractivity contribution is 7.80. The maximum Gasteiger partial charge on any atom is 0.235 e. The molecule has 0 radical (unpaired) electrons. The van der Waals surface area contributed by atoms with Crippen LogP contribution < -0.4 is 5.73 Å². The van der Waals surface area contributed by atoms with Crippen LogP contribution in [0.3, 0.4) is 0 Å². The molecule has 0 spiro atoms. The molecular formula is C15H28N2OS. The molecule has 19 heavy (non-hydrogen) atoms. The third kappa shape index (κ3) is 3.47. The molecule has 0 saturated heterocycles. The van der Waals surface area contributed by atoms with Crippen molar-refractivity contribution in [2.24, 2.45) is 11.1 Å². The molecular weight excluding hydrogens is 256 g/mol. The summed E-state index contributed by atoms with van der Waals surface area (Å²) in [6, 6.07) is 0.256. The van der Waals surface area contributed by atoms with Crippen molar-refractivity contribution in [2.75, 3.05) is 6.54 Å². The minimum atomic E-state index is -0.578. The van der Waals surface area contributed by atoms with E-state index in [1.54, 1.807) is 0 Å². The molecule has 0 aromatic carbocycles. The molecule has 0 aromatic rings. The molecule has 1 fully saturated rings. The van der Waals surface area contributed by atoms with Gasteiger partial charge in [0, 0.05) is 12.6 Å². The summed E-state index contributed by atoms with van der Waals surface area (Å²) in [5.41, 5.74) is 5.41. The topological polar surface area (TPSA) is 46.3 Å². The van der Waals surface area contributed by atoms with Crippen LogP contribution in [0.2, 0.25) is 0 Å². The van der Waals surface area contributed by atoms with Crippen molar-refractivity contribution in [1.82, 2.24) is 4.90 Å². The standard InChI is InChI=1S/C15H28N2OS/c1-4-12(3)17(5-2)14(18)15(13(16)19)10-8-6-7-9-11-15/h12H,4-11H2,1-3H3,(H2,16,19). The Balaban J connectivity index is 3.02. The van der Waals surface area contributed by atoms with Crippen LogP contribution in [0, 0.1) is 5.41 Å². The molecule has 0 aliphatic heterocycles. The number of nitrogens with two attached hydrogens (primary N) is 1. The Labute approximate surface area is 122 Å². The highest BCUT2D eigenvalue weighted by Gasteiger charge is 2.44. The minimum absolute atomic E-state index is 0.166. The van der Waals surface area contributed by atoms with Crippen molar-refractivity contribution in [3.05, 3.63) is 0 Å². The summed E-state index contributed by atoms with van der Waals surface area (Å²) in [5.74, 6) is 0.166. The highest BCUT2D eigenvalue weighted by atomic mass is 32.1. The van der Waals surface area contributed by atoms with Crippen molar-refractivity contribution in [3.8, 4) is 0 Å². The Bertz CT molecular complexity index is 322. The average molecular weight is 284 g/mol. The molecule has 4 heteroatoms. The van der Waals surface area contributed by atoms with E-state index in [4.69, 9.17) is 18.0 Å². The highest BCUT2D eigenvalue weighted by Crippen LogP contribution is 2.37. The van der Waals surface area contributed by atoms with Gasteiger partial charge < -0.3 is 10.6 Å². The fraction of sp³-hybridized carbons (Fsp3) is 0.867. The van der Waals surface area contributed by atoms with Gasteiger partial charge in [-0.15, -0.1) is 0 Å². The number of thiocarbonyl (C=S) groups is 1. The van der Waals surface area contributed by atoms with Gasteiger partial charge in [0.15, 0.2) is 0 Å². The van der Waals surface area contributed by atoms with E-state index < -0.39 is 5.41 Å². The molecule has 1 rings (SSSR count). The number of carbonyl (C=O) groups is 1. The number of carbonyl (C=O) groups excluding carboxylic acids is 1. The van der Waals surface area contributed by atoms with Gasteiger partial charge in [0.05, 0.1) is 10.4 Å². The molecule has 0 bridgehead atoms. The summed E-state index contributed by atoms with van der Waals surface area (Å²) in [7, 11) is 0. The Morgan fingerprint density at radius 2 is 1.79 bits per heavy atom. The monoisotopic (exact) mass is 284 g/mol. The van der Waals surface area contributed by atoms with Crippen molar-refractivity contribution < 1.29 is 4.79 Å². The number of rotatable bonds is 5. The summed E-state index contributed by atoms with van der Waals surface area (Å²) in [5, 5.41) is 0.